The van der Waals surface area contributed by atoms with E-state index in [0.717, 1.165) is 10.0 Å². The molecule has 19 heavy (non-hydrogen) atoms. The third kappa shape index (κ3) is 3.26. The lowest BCUT2D eigenvalue weighted by atomic mass is 10.2. The monoisotopic (exact) mass is 343 g/mol. The minimum absolute atomic E-state index is 0.242. The zero-order chi connectivity index (χ0) is 14.0. The van der Waals surface area contributed by atoms with Crippen molar-refractivity contribution in [3.8, 4) is 0 Å². The molecule has 1 aromatic carbocycles. The zero-order valence-electron chi connectivity index (χ0n) is 10.6. The lowest BCUT2D eigenvalue weighted by molar-refractivity contribution is 0.459. The van der Waals surface area contributed by atoms with Crippen molar-refractivity contribution in [2.24, 2.45) is 0 Å². The van der Waals surface area contributed by atoms with Crippen molar-refractivity contribution in [2.45, 2.75) is 24.8 Å². The van der Waals surface area contributed by atoms with Crippen LogP contribution in [0.25, 0.3) is 0 Å². The maximum absolute atomic E-state index is 12.2. The molecule has 1 N–H and O–H groups in total. The van der Waals surface area contributed by atoms with E-state index in [9.17, 15) is 8.42 Å². The van der Waals surface area contributed by atoms with Crippen LogP contribution in [-0.2, 0) is 10.0 Å². The summed E-state index contributed by atoms with van der Waals surface area (Å²) >= 11 is 3.35. The first-order valence-corrected chi connectivity index (χ1v) is 7.99. The summed E-state index contributed by atoms with van der Waals surface area (Å²) in [6, 6.07) is 7.96. The summed E-state index contributed by atoms with van der Waals surface area (Å²) in [5.41, 5.74) is 0.869. The van der Waals surface area contributed by atoms with Crippen LogP contribution >= 0.6 is 15.9 Å². The minimum atomic E-state index is -3.56. The molecule has 1 aromatic heterocycles. The van der Waals surface area contributed by atoms with Crippen molar-refractivity contribution in [1.82, 2.24) is 4.72 Å². The van der Waals surface area contributed by atoms with Gasteiger partial charge in [-0.1, -0.05) is 15.9 Å². The number of hydrogen-bond acceptors (Lipinski definition) is 3. The summed E-state index contributed by atoms with van der Waals surface area (Å²) in [6.07, 6.45) is 1.52. The van der Waals surface area contributed by atoms with Gasteiger partial charge in [-0.3, -0.25) is 0 Å². The van der Waals surface area contributed by atoms with Gasteiger partial charge in [0, 0.05) is 4.47 Å². The van der Waals surface area contributed by atoms with Crippen LogP contribution in [0.5, 0.6) is 0 Å². The fourth-order valence-electron chi connectivity index (χ4n) is 1.68. The molecule has 0 radical (unpaired) electrons. The molecule has 0 spiro atoms. The van der Waals surface area contributed by atoms with Gasteiger partial charge in [-0.05, 0) is 49.7 Å². The van der Waals surface area contributed by atoms with Crippen LogP contribution in [0.3, 0.4) is 0 Å². The Kier molecular flexibility index (Phi) is 4.13. The smallest absolute Gasteiger partial charge is 0.241 e. The van der Waals surface area contributed by atoms with Gasteiger partial charge in [-0.25, -0.2) is 13.1 Å². The summed E-state index contributed by atoms with van der Waals surface area (Å²) < 4.78 is 33.1. The van der Waals surface area contributed by atoms with E-state index in [2.05, 4.69) is 20.7 Å². The Morgan fingerprint density at radius 3 is 2.63 bits per heavy atom. The molecule has 2 rings (SSSR count). The molecule has 4 nitrogen and oxygen atoms in total. The topological polar surface area (TPSA) is 59.3 Å². The number of hydrogen-bond donors (Lipinski definition) is 1. The van der Waals surface area contributed by atoms with E-state index in [1.54, 1.807) is 37.3 Å². The van der Waals surface area contributed by atoms with Gasteiger partial charge in [0.25, 0.3) is 0 Å². The van der Waals surface area contributed by atoms with E-state index in [1.165, 1.54) is 6.26 Å². The molecular formula is C13H14BrNO3S. The van der Waals surface area contributed by atoms with Gasteiger partial charge >= 0.3 is 0 Å². The number of furan rings is 1. The summed E-state index contributed by atoms with van der Waals surface area (Å²) in [4.78, 5) is 0.242. The van der Waals surface area contributed by atoms with E-state index in [1.807, 2.05) is 6.92 Å². The Morgan fingerprint density at radius 1 is 1.32 bits per heavy atom. The van der Waals surface area contributed by atoms with Crippen molar-refractivity contribution >= 4 is 26.0 Å². The highest BCUT2D eigenvalue weighted by Crippen LogP contribution is 2.22. The highest BCUT2D eigenvalue weighted by atomic mass is 79.9. The van der Waals surface area contributed by atoms with Crippen LogP contribution in [0.2, 0.25) is 0 Å². The Hall–Kier alpha value is -1.11. The molecule has 0 bridgehead atoms. The molecule has 0 saturated heterocycles. The van der Waals surface area contributed by atoms with Crippen molar-refractivity contribution in [1.29, 1.82) is 0 Å². The summed E-state index contributed by atoms with van der Waals surface area (Å²) in [5, 5.41) is 0. The first kappa shape index (κ1) is 14.3. The van der Waals surface area contributed by atoms with E-state index < -0.39 is 16.1 Å². The molecule has 1 heterocycles. The number of benzene rings is 1. The zero-order valence-corrected chi connectivity index (χ0v) is 13.0. The predicted molar refractivity (Wildman–Crippen MR) is 76.3 cm³/mol. The Morgan fingerprint density at radius 2 is 2.05 bits per heavy atom. The quantitative estimate of drug-likeness (QED) is 0.925. The van der Waals surface area contributed by atoms with Crippen LogP contribution in [0.15, 0.2) is 50.4 Å². The van der Waals surface area contributed by atoms with Gasteiger partial charge in [-0.2, -0.15) is 0 Å². The molecule has 6 heteroatoms. The van der Waals surface area contributed by atoms with Crippen LogP contribution in [-0.4, -0.2) is 8.42 Å². The van der Waals surface area contributed by atoms with Gasteiger partial charge in [0.1, 0.15) is 5.76 Å². The maximum atomic E-state index is 12.2. The molecule has 0 amide bonds. The van der Waals surface area contributed by atoms with Crippen molar-refractivity contribution in [2.75, 3.05) is 0 Å². The van der Waals surface area contributed by atoms with Crippen molar-refractivity contribution in [3.63, 3.8) is 0 Å². The molecular weight excluding hydrogens is 330 g/mol. The Balaban J connectivity index is 2.25. The molecule has 0 aliphatic heterocycles. The number of nitrogens with one attached hydrogen (secondary N) is 1. The predicted octanol–water partition coefficient (Wildman–Crippen LogP) is 3.39. The normalized spacial score (nSPS) is 13.4. The van der Waals surface area contributed by atoms with Gasteiger partial charge in [0.15, 0.2) is 0 Å². The maximum Gasteiger partial charge on any atom is 0.241 e. The third-order valence-corrected chi connectivity index (χ3v) is 5.17. The molecule has 0 unspecified atom stereocenters. The molecule has 2 aromatic rings. The van der Waals surface area contributed by atoms with Gasteiger partial charge in [-0.15, -0.1) is 0 Å². The van der Waals surface area contributed by atoms with E-state index in [-0.39, 0.29) is 4.90 Å². The van der Waals surface area contributed by atoms with E-state index >= 15 is 0 Å². The Labute approximate surface area is 121 Å². The second-order valence-electron chi connectivity index (χ2n) is 4.27. The standard InChI is InChI=1S/C13H14BrNO3S/c1-9-8-11(5-6-12(9)14)19(16,17)15-10(2)13-4-3-7-18-13/h3-8,10,15H,1-2H3/t10-/m0/s1. The first-order chi connectivity index (χ1) is 8.90. The van der Waals surface area contributed by atoms with Gasteiger partial charge < -0.3 is 4.42 Å². The number of halogens is 1. The average molecular weight is 344 g/mol. The SMILES string of the molecule is Cc1cc(S(=O)(=O)N[C@@H](C)c2ccco2)ccc1Br. The summed E-state index contributed by atoms with van der Waals surface area (Å²) in [7, 11) is -3.56. The largest absolute Gasteiger partial charge is 0.468 e. The van der Waals surface area contributed by atoms with E-state index in [0.29, 0.717) is 5.76 Å². The lowest BCUT2D eigenvalue weighted by Crippen LogP contribution is -2.26. The van der Waals surface area contributed by atoms with Crippen LogP contribution in [0.1, 0.15) is 24.3 Å². The van der Waals surface area contributed by atoms with E-state index in [4.69, 9.17) is 4.42 Å². The highest BCUT2D eigenvalue weighted by Gasteiger charge is 2.20. The lowest BCUT2D eigenvalue weighted by Gasteiger charge is -2.12. The molecule has 0 fully saturated rings. The number of rotatable bonds is 4. The fraction of sp³-hybridized carbons (Fsp3) is 0.231. The highest BCUT2D eigenvalue weighted by molar-refractivity contribution is 9.10. The third-order valence-electron chi connectivity index (χ3n) is 2.74. The van der Waals surface area contributed by atoms with Crippen LogP contribution in [0, 0.1) is 6.92 Å². The first-order valence-electron chi connectivity index (χ1n) is 5.72. The summed E-state index contributed by atoms with van der Waals surface area (Å²) in [6.45, 7) is 3.58. The summed E-state index contributed by atoms with van der Waals surface area (Å²) in [5.74, 6) is 0.581. The second-order valence-corrected chi connectivity index (χ2v) is 6.84. The van der Waals surface area contributed by atoms with Crippen LogP contribution in [0.4, 0.5) is 0 Å². The minimum Gasteiger partial charge on any atom is -0.468 e. The molecule has 1 atom stereocenters. The second kappa shape index (κ2) is 5.48. The molecule has 0 aliphatic carbocycles. The number of sulfonamides is 1. The van der Waals surface area contributed by atoms with Gasteiger partial charge in [0.2, 0.25) is 10.0 Å². The van der Waals surface area contributed by atoms with Crippen molar-refractivity contribution in [3.05, 3.63) is 52.4 Å². The fourth-order valence-corrected chi connectivity index (χ4v) is 3.22. The molecule has 102 valence electrons. The van der Waals surface area contributed by atoms with Crippen molar-refractivity contribution < 1.29 is 12.8 Å². The Bertz CT molecular complexity index is 665. The van der Waals surface area contributed by atoms with Gasteiger partial charge in [0.05, 0.1) is 17.2 Å². The van der Waals surface area contributed by atoms with Crippen LogP contribution < -0.4 is 4.72 Å². The molecule has 0 saturated carbocycles. The molecule has 0 aliphatic rings. The average Bonchev–Trinajstić information content (AvgIpc) is 2.85. The number of aryl methyl sites for hydroxylation is 1.